The van der Waals surface area contributed by atoms with Gasteiger partial charge in [0, 0.05) is 38.3 Å². The molecular weight excluding hydrogens is 395 g/mol. The smallest absolute Gasteiger partial charge is 0.123 e. The summed E-state index contributed by atoms with van der Waals surface area (Å²) in [6.45, 7) is 11.6. The average molecular weight is 425 g/mol. The molecule has 0 atom stereocenters. The first-order chi connectivity index (χ1) is 13.0. The SMILES string of the molecule is Cc1cc(OCCN2CCN(c3ccccc3Cl)CC2)c(C(C)C)cc1O.Cl. The molecule has 6 heteroatoms. The number of piperazine rings is 1. The van der Waals surface area contributed by atoms with Crippen molar-refractivity contribution in [1.82, 2.24) is 4.90 Å². The second kappa shape index (κ2) is 10.2. The van der Waals surface area contributed by atoms with Crippen molar-refractivity contribution in [3.8, 4) is 11.5 Å². The standard InChI is InChI=1S/C22H29ClN2O2.ClH/c1-16(2)18-15-21(26)17(3)14-22(18)27-13-12-24-8-10-25(11-9-24)20-7-5-4-6-19(20)23;/h4-7,14-16,26H,8-13H2,1-3H3;1H. The molecule has 3 rings (SSSR count). The van der Waals surface area contributed by atoms with E-state index in [1.165, 1.54) is 0 Å². The molecule has 1 aliphatic heterocycles. The highest BCUT2D eigenvalue weighted by Crippen LogP contribution is 2.32. The molecule has 1 N–H and O–H groups in total. The van der Waals surface area contributed by atoms with Crippen molar-refractivity contribution in [3.63, 3.8) is 0 Å². The quantitative estimate of drug-likeness (QED) is 0.699. The normalized spacial score (nSPS) is 14.8. The van der Waals surface area contributed by atoms with Gasteiger partial charge in [0.2, 0.25) is 0 Å². The van der Waals surface area contributed by atoms with E-state index in [1.54, 1.807) is 0 Å². The van der Waals surface area contributed by atoms with E-state index in [-0.39, 0.29) is 12.4 Å². The summed E-state index contributed by atoms with van der Waals surface area (Å²) in [6, 6.07) is 11.8. The highest BCUT2D eigenvalue weighted by atomic mass is 35.5. The molecule has 0 amide bonds. The highest BCUT2D eigenvalue weighted by Gasteiger charge is 2.19. The summed E-state index contributed by atoms with van der Waals surface area (Å²) in [5, 5.41) is 10.8. The molecule has 1 fully saturated rings. The Morgan fingerprint density at radius 2 is 1.79 bits per heavy atom. The summed E-state index contributed by atoms with van der Waals surface area (Å²) < 4.78 is 6.08. The fourth-order valence-corrected chi connectivity index (χ4v) is 3.72. The number of aromatic hydroxyl groups is 1. The Balaban J connectivity index is 0.00000280. The topological polar surface area (TPSA) is 35.9 Å². The van der Waals surface area contributed by atoms with Crippen LogP contribution in [0, 0.1) is 6.92 Å². The second-order valence-corrected chi connectivity index (χ2v) is 7.87. The van der Waals surface area contributed by atoms with Crippen LogP contribution in [-0.2, 0) is 0 Å². The number of benzene rings is 2. The van der Waals surface area contributed by atoms with E-state index in [2.05, 4.69) is 29.7 Å². The Bertz CT molecular complexity index is 775. The van der Waals surface area contributed by atoms with Crippen molar-refractivity contribution in [2.75, 3.05) is 44.2 Å². The van der Waals surface area contributed by atoms with Crippen LogP contribution in [0.25, 0.3) is 0 Å². The maximum atomic E-state index is 9.96. The van der Waals surface area contributed by atoms with Gasteiger partial charge in [-0.15, -0.1) is 12.4 Å². The van der Waals surface area contributed by atoms with E-state index < -0.39 is 0 Å². The summed E-state index contributed by atoms with van der Waals surface area (Å²) in [6.07, 6.45) is 0. The molecule has 2 aromatic rings. The van der Waals surface area contributed by atoms with Crippen LogP contribution in [0.3, 0.4) is 0 Å². The Morgan fingerprint density at radius 1 is 1.11 bits per heavy atom. The molecule has 1 saturated heterocycles. The molecule has 1 heterocycles. The third kappa shape index (κ3) is 5.47. The number of phenols is 1. The van der Waals surface area contributed by atoms with Gasteiger partial charge in [-0.2, -0.15) is 0 Å². The number of rotatable bonds is 6. The molecule has 4 nitrogen and oxygen atoms in total. The van der Waals surface area contributed by atoms with Gasteiger partial charge in [0.05, 0.1) is 10.7 Å². The summed E-state index contributed by atoms with van der Waals surface area (Å²) in [4.78, 5) is 4.77. The van der Waals surface area contributed by atoms with Gasteiger partial charge in [0.15, 0.2) is 0 Å². The van der Waals surface area contributed by atoms with Gasteiger partial charge in [0.25, 0.3) is 0 Å². The molecule has 0 spiro atoms. The molecule has 0 bridgehead atoms. The van der Waals surface area contributed by atoms with Crippen molar-refractivity contribution < 1.29 is 9.84 Å². The third-order valence-electron chi connectivity index (χ3n) is 5.18. The van der Waals surface area contributed by atoms with Crippen LogP contribution in [0.2, 0.25) is 5.02 Å². The summed E-state index contributed by atoms with van der Waals surface area (Å²) in [5.41, 5.74) is 3.03. The number of anilines is 1. The van der Waals surface area contributed by atoms with E-state index in [0.717, 1.165) is 60.3 Å². The molecule has 1 aliphatic rings. The van der Waals surface area contributed by atoms with Gasteiger partial charge in [-0.05, 0) is 42.7 Å². The Labute approximate surface area is 179 Å². The van der Waals surface area contributed by atoms with Gasteiger partial charge in [0.1, 0.15) is 18.1 Å². The molecule has 2 aromatic carbocycles. The Morgan fingerprint density at radius 3 is 2.43 bits per heavy atom. The lowest BCUT2D eigenvalue weighted by molar-refractivity contribution is 0.199. The first-order valence-corrected chi connectivity index (χ1v) is 10.0. The van der Waals surface area contributed by atoms with Crippen LogP contribution < -0.4 is 9.64 Å². The maximum Gasteiger partial charge on any atom is 0.123 e. The average Bonchev–Trinajstić information content (AvgIpc) is 2.65. The lowest BCUT2D eigenvalue weighted by Crippen LogP contribution is -2.47. The largest absolute Gasteiger partial charge is 0.508 e. The van der Waals surface area contributed by atoms with E-state index in [1.807, 2.05) is 37.3 Å². The molecule has 28 heavy (non-hydrogen) atoms. The fourth-order valence-electron chi connectivity index (χ4n) is 3.47. The minimum absolute atomic E-state index is 0. The number of hydrogen-bond acceptors (Lipinski definition) is 4. The Hall–Kier alpha value is -1.62. The van der Waals surface area contributed by atoms with Gasteiger partial charge in [-0.3, -0.25) is 4.90 Å². The van der Waals surface area contributed by atoms with Crippen LogP contribution in [-0.4, -0.2) is 49.3 Å². The van der Waals surface area contributed by atoms with Crippen molar-refractivity contribution in [2.45, 2.75) is 26.7 Å². The number of phenolic OH excluding ortho intramolecular Hbond substituents is 1. The van der Waals surface area contributed by atoms with Crippen LogP contribution in [0.5, 0.6) is 11.5 Å². The van der Waals surface area contributed by atoms with Crippen molar-refractivity contribution in [1.29, 1.82) is 0 Å². The molecule has 0 saturated carbocycles. The van der Waals surface area contributed by atoms with E-state index in [4.69, 9.17) is 16.3 Å². The summed E-state index contributed by atoms with van der Waals surface area (Å²) in [7, 11) is 0. The molecule has 0 aliphatic carbocycles. The van der Waals surface area contributed by atoms with Crippen LogP contribution in [0.4, 0.5) is 5.69 Å². The number of para-hydroxylation sites is 1. The summed E-state index contributed by atoms with van der Waals surface area (Å²) >= 11 is 6.32. The fraction of sp³-hybridized carbons (Fsp3) is 0.455. The van der Waals surface area contributed by atoms with Gasteiger partial charge in [-0.1, -0.05) is 37.6 Å². The van der Waals surface area contributed by atoms with Gasteiger partial charge < -0.3 is 14.7 Å². The number of aryl methyl sites for hydroxylation is 1. The molecule has 0 unspecified atom stereocenters. The van der Waals surface area contributed by atoms with E-state index in [9.17, 15) is 5.11 Å². The first-order valence-electron chi connectivity index (χ1n) is 9.64. The monoisotopic (exact) mass is 424 g/mol. The van der Waals surface area contributed by atoms with Crippen molar-refractivity contribution in [2.24, 2.45) is 0 Å². The molecule has 0 radical (unpaired) electrons. The highest BCUT2D eigenvalue weighted by molar-refractivity contribution is 6.33. The van der Waals surface area contributed by atoms with Gasteiger partial charge >= 0.3 is 0 Å². The minimum Gasteiger partial charge on any atom is -0.508 e. The maximum absolute atomic E-state index is 9.96. The van der Waals surface area contributed by atoms with Crippen LogP contribution in [0.15, 0.2) is 36.4 Å². The van der Waals surface area contributed by atoms with Crippen molar-refractivity contribution >= 4 is 29.7 Å². The number of hydrogen-bond donors (Lipinski definition) is 1. The van der Waals surface area contributed by atoms with Crippen molar-refractivity contribution in [3.05, 3.63) is 52.5 Å². The predicted molar refractivity (Wildman–Crippen MR) is 120 cm³/mol. The van der Waals surface area contributed by atoms with Gasteiger partial charge in [-0.25, -0.2) is 0 Å². The van der Waals surface area contributed by atoms with Crippen LogP contribution >= 0.6 is 24.0 Å². The number of halogens is 2. The summed E-state index contributed by atoms with van der Waals surface area (Å²) in [5.74, 6) is 1.53. The zero-order valence-corrected chi connectivity index (χ0v) is 18.4. The lowest BCUT2D eigenvalue weighted by Gasteiger charge is -2.36. The molecule has 0 aromatic heterocycles. The predicted octanol–water partition coefficient (Wildman–Crippen LogP) is 5.10. The zero-order chi connectivity index (χ0) is 19.4. The lowest BCUT2D eigenvalue weighted by atomic mass is 10.00. The Kier molecular flexibility index (Phi) is 8.29. The van der Waals surface area contributed by atoms with E-state index >= 15 is 0 Å². The van der Waals surface area contributed by atoms with Crippen LogP contribution in [0.1, 0.15) is 30.9 Å². The van der Waals surface area contributed by atoms with E-state index in [0.29, 0.717) is 18.3 Å². The second-order valence-electron chi connectivity index (χ2n) is 7.46. The minimum atomic E-state index is 0. The zero-order valence-electron chi connectivity index (χ0n) is 16.8. The molecular formula is C22H30Cl2N2O2. The molecule has 154 valence electrons. The number of ether oxygens (including phenoxy) is 1. The number of nitrogens with zero attached hydrogens (tertiary/aromatic N) is 2. The third-order valence-corrected chi connectivity index (χ3v) is 5.50. The first kappa shape index (κ1) is 22.7.